The molecule has 2 nitrogen and oxygen atoms in total. The van der Waals surface area contributed by atoms with Crippen LogP contribution < -0.4 is 0 Å². The molecule has 1 rings (SSSR count). The van der Waals surface area contributed by atoms with E-state index < -0.39 is 0 Å². The monoisotopic (exact) mass is 237 g/mol. The van der Waals surface area contributed by atoms with E-state index in [1.54, 1.807) is 0 Å². The van der Waals surface area contributed by atoms with Gasteiger partial charge in [-0.25, -0.2) is 0 Å². The van der Waals surface area contributed by atoms with E-state index in [1.165, 1.54) is 18.5 Å². The molecule has 0 N–H and O–H groups in total. The summed E-state index contributed by atoms with van der Waals surface area (Å²) in [6.45, 7) is 11.8. The Bertz CT molecular complexity index is 248. The van der Waals surface area contributed by atoms with E-state index in [9.17, 15) is 0 Å². The van der Waals surface area contributed by atoms with Crippen LogP contribution in [0.3, 0.4) is 0 Å². The standard InChI is InChI=1S/C15H27NO/c1-4-15(8-5-7-14(2)3)13-16-9-6-11-17-12-10-16/h5,7-8,14H,4,6,9-13H2,1-3H3/b7-5-,15-8+. The summed E-state index contributed by atoms with van der Waals surface area (Å²) in [6, 6.07) is 0. The maximum atomic E-state index is 5.48. The minimum absolute atomic E-state index is 0.635. The van der Waals surface area contributed by atoms with Gasteiger partial charge >= 0.3 is 0 Å². The number of allylic oxidation sites excluding steroid dienone is 3. The molecule has 2 heteroatoms. The SMILES string of the molecule is CC/C(=C\C=C/C(C)C)CN1CCCOCC1. The van der Waals surface area contributed by atoms with E-state index >= 15 is 0 Å². The van der Waals surface area contributed by atoms with Gasteiger partial charge in [0.05, 0.1) is 6.61 Å². The zero-order valence-corrected chi connectivity index (χ0v) is 11.6. The van der Waals surface area contributed by atoms with Gasteiger partial charge in [-0.15, -0.1) is 0 Å². The Morgan fingerprint density at radius 3 is 2.82 bits per heavy atom. The van der Waals surface area contributed by atoms with Gasteiger partial charge in [-0.05, 0) is 18.8 Å². The first kappa shape index (κ1) is 14.5. The fraction of sp³-hybridized carbons (Fsp3) is 0.733. The van der Waals surface area contributed by atoms with E-state index in [0.29, 0.717) is 5.92 Å². The summed E-state index contributed by atoms with van der Waals surface area (Å²) in [4.78, 5) is 2.51. The maximum absolute atomic E-state index is 5.48. The molecule has 0 unspecified atom stereocenters. The van der Waals surface area contributed by atoms with Crippen LogP contribution in [-0.4, -0.2) is 37.7 Å². The zero-order chi connectivity index (χ0) is 12.5. The first-order valence-electron chi connectivity index (χ1n) is 6.88. The smallest absolute Gasteiger partial charge is 0.0593 e. The molecule has 0 aromatic heterocycles. The largest absolute Gasteiger partial charge is 0.380 e. The Labute approximate surface area is 106 Å². The van der Waals surface area contributed by atoms with Gasteiger partial charge in [-0.3, -0.25) is 4.90 Å². The molecule has 0 radical (unpaired) electrons. The number of hydrogen-bond donors (Lipinski definition) is 0. The summed E-state index contributed by atoms with van der Waals surface area (Å²) in [7, 11) is 0. The minimum atomic E-state index is 0.635. The second kappa shape index (κ2) is 8.48. The van der Waals surface area contributed by atoms with Crippen LogP contribution in [0.15, 0.2) is 23.8 Å². The molecule has 1 aliphatic heterocycles. The lowest BCUT2D eigenvalue weighted by molar-refractivity contribution is 0.142. The molecule has 17 heavy (non-hydrogen) atoms. The highest BCUT2D eigenvalue weighted by molar-refractivity contribution is 5.14. The molecule has 1 saturated heterocycles. The summed E-state index contributed by atoms with van der Waals surface area (Å²) in [5.74, 6) is 0.635. The van der Waals surface area contributed by atoms with Crippen molar-refractivity contribution in [3.8, 4) is 0 Å². The molecule has 0 aliphatic carbocycles. The molecule has 0 spiro atoms. The van der Waals surface area contributed by atoms with Crippen LogP contribution in [0.5, 0.6) is 0 Å². The Morgan fingerprint density at radius 2 is 2.12 bits per heavy atom. The van der Waals surface area contributed by atoms with Gasteiger partial charge < -0.3 is 4.74 Å². The van der Waals surface area contributed by atoms with Crippen molar-refractivity contribution >= 4 is 0 Å². The molecular formula is C15H27NO. The highest BCUT2D eigenvalue weighted by Gasteiger charge is 2.09. The normalized spacial score (nSPS) is 20.1. The van der Waals surface area contributed by atoms with Crippen molar-refractivity contribution in [2.45, 2.75) is 33.6 Å². The number of hydrogen-bond acceptors (Lipinski definition) is 2. The average molecular weight is 237 g/mol. The molecule has 0 aromatic rings. The lowest BCUT2D eigenvalue weighted by Gasteiger charge is -2.20. The van der Waals surface area contributed by atoms with Gasteiger partial charge in [0, 0.05) is 26.2 Å². The van der Waals surface area contributed by atoms with Gasteiger partial charge in [-0.2, -0.15) is 0 Å². The van der Waals surface area contributed by atoms with Crippen molar-refractivity contribution in [3.63, 3.8) is 0 Å². The van der Waals surface area contributed by atoms with Gasteiger partial charge in [-0.1, -0.05) is 44.6 Å². The van der Waals surface area contributed by atoms with E-state index in [4.69, 9.17) is 4.74 Å². The first-order chi connectivity index (χ1) is 8.22. The van der Waals surface area contributed by atoms with Crippen LogP contribution in [-0.2, 0) is 4.74 Å². The van der Waals surface area contributed by atoms with Crippen LogP contribution in [0.25, 0.3) is 0 Å². The van der Waals surface area contributed by atoms with Crippen LogP contribution in [0.4, 0.5) is 0 Å². The van der Waals surface area contributed by atoms with Crippen LogP contribution >= 0.6 is 0 Å². The van der Waals surface area contributed by atoms with Gasteiger partial charge in [0.1, 0.15) is 0 Å². The van der Waals surface area contributed by atoms with Crippen LogP contribution in [0.2, 0.25) is 0 Å². The predicted molar refractivity (Wildman–Crippen MR) is 74.2 cm³/mol. The lowest BCUT2D eigenvalue weighted by atomic mass is 10.1. The van der Waals surface area contributed by atoms with Crippen molar-refractivity contribution in [2.24, 2.45) is 5.92 Å². The fourth-order valence-corrected chi connectivity index (χ4v) is 1.94. The third-order valence-electron chi connectivity index (χ3n) is 3.02. The molecule has 0 amide bonds. The fourth-order valence-electron chi connectivity index (χ4n) is 1.94. The van der Waals surface area contributed by atoms with E-state index in [1.807, 2.05) is 0 Å². The van der Waals surface area contributed by atoms with Crippen LogP contribution in [0, 0.1) is 5.92 Å². The van der Waals surface area contributed by atoms with E-state index in [-0.39, 0.29) is 0 Å². The number of nitrogens with zero attached hydrogens (tertiary/aromatic N) is 1. The molecule has 0 atom stereocenters. The predicted octanol–water partition coefficient (Wildman–Crippen LogP) is 3.26. The summed E-state index contributed by atoms with van der Waals surface area (Å²) < 4.78 is 5.48. The molecular weight excluding hydrogens is 210 g/mol. The van der Waals surface area contributed by atoms with Crippen LogP contribution in [0.1, 0.15) is 33.6 Å². The molecule has 98 valence electrons. The molecule has 1 fully saturated rings. The Kier molecular flexibility index (Phi) is 7.22. The number of ether oxygens (including phenoxy) is 1. The molecule has 1 heterocycles. The van der Waals surface area contributed by atoms with Crippen molar-refractivity contribution < 1.29 is 4.74 Å². The van der Waals surface area contributed by atoms with Crippen molar-refractivity contribution in [2.75, 3.05) is 32.8 Å². The highest BCUT2D eigenvalue weighted by Crippen LogP contribution is 2.08. The third-order valence-corrected chi connectivity index (χ3v) is 3.02. The first-order valence-corrected chi connectivity index (χ1v) is 6.88. The van der Waals surface area contributed by atoms with Gasteiger partial charge in [0.25, 0.3) is 0 Å². The summed E-state index contributed by atoms with van der Waals surface area (Å²) in [5, 5.41) is 0. The van der Waals surface area contributed by atoms with E-state index in [2.05, 4.69) is 43.9 Å². The second-order valence-electron chi connectivity index (χ2n) is 5.05. The van der Waals surface area contributed by atoms with Crippen molar-refractivity contribution in [3.05, 3.63) is 23.8 Å². The van der Waals surface area contributed by atoms with Gasteiger partial charge in [0.2, 0.25) is 0 Å². The summed E-state index contributed by atoms with van der Waals surface area (Å²) in [6.07, 6.45) is 9.05. The molecule has 1 aliphatic rings. The highest BCUT2D eigenvalue weighted by atomic mass is 16.5. The Morgan fingerprint density at radius 1 is 1.29 bits per heavy atom. The topological polar surface area (TPSA) is 12.5 Å². The van der Waals surface area contributed by atoms with Crippen molar-refractivity contribution in [1.82, 2.24) is 4.90 Å². The summed E-state index contributed by atoms with van der Waals surface area (Å²) >= 11 is 0. The quantitative estimate of drug-likeness (QED) is 0.681. The minimum Gasteiger partial charge on any atom is -0.380 e. The van der Waals surface area contributed by atoms with E-state index in [0.717, 1.165) is 32.7 Å². The lowest BCUT2D eigenvalue weighted by Crippen LogP contribution is -2.28. The Hall–Kier alpha value is -0.600. The summed E-state index contributed by atoms with van der Waals surface area (Å²) in [5.41, 5.74) is 1.52. The Balaban J connectivity index is 2.44. The van der Waals surface area contributed by atoms with Crippen molar-refractivity contribution in [1.29, 1.82) is 0 Å². The molecule has 0 bridgehead atoms. The van der Waals surface area contributed by atoms with Gasteiger partial charge in [0.15, 0.2) is 0 Å². The number of rotatable bonds is 5. The molecule has 0 saturated carbocycles. The average Bonchev–Trinajstić information content (AvgIpc) is 2.55. The third kappa shape index (κ3) is 6.64. The molecule has 0 aromatic carbocycles. The zero-order valence-electron chi connectivity index (χ0n) is 11.6. The second-order valence-corrected chi connectivity index (χ2v) is 5.05. The maximum Gasteiger partial charge on any atom is 0.0593 e.